The number of rotatable bonds is 5. The molecule has 0 aliphatic carbocycles. The number of hydrogen-bond acceptors (Lipinski definition) is 4. The van der Waals surface area contributed by atoms with E-state index in [0.717, 1.165) is 0 Å². The fraction of sp³-hybridized carbons (Fsp3) is 0.333. The first-order chi connectivity index (χ1) is 7.15. The summed E-state index contributed by atoms with van der Waals surface area (Å²) in [4.78, 5) is 11.0. The van der Waals surface area contributed by atoms with Crippen LogP contribution in [-0.4, -0.2) is 22.4 Å². The molecule has 4 nitrogen and oxygen atoms in total. The molecule has 1 N–H and O–H groups in total. The minimum atomic E-state index is -0.397. The fourth-order valence-corrected chi connectivity index (χ4v) is 2.29. The molecular formula is C9H10BrNO3S. The van der Waals surface area contributed by atoms with Crippen molar-refractivity contribution in [2.24, 2.45) is 0 Å². The van der Waals surface area contributed by atoms with Crippen molar-refractivity contribution in [3.63, 3.8) is 0 Å². The van der Waals surface area contributed by atoms with Gasteiger partial charge in [0.05, 0.1) is 9.82 Å². The van der Waals surface area contributed by atoms with Gasteiger partial charge in [-0.3, -0.25) is 10.1 Å². The van der Waals surface area contributed by atoms with Gasteiger partial charge in [0.15, 0.2) is 0 Å². The van der Waals surface area contributed by atoms with Crippen LogP contribution in [0.25, 0.3) is 0 Å². The lowest BCUT2D eigenvalue weighted by Gasteiger charge is -2.02. The number of nitro groups is 1. The van der Waals surface area contributed by atoms with Crippen molar-refractivity contribution in [3.8, 4) is 0 Å². The zero-order chi connectivity index (χ0) is 11.3. The van der Waals surface area contributed by atoms with Crippen LogP contribution in [0.3, 0.4) is 0 Å². The van der Waals surface area contributed by atoms with Gasteiger partial charge in [0, 0.05) is 22.9 Å². The van der Waals surface area contributed by atoms with E-state index >= 15 is 0 Å². The molecule has 0 saturated carbocycles. The SMILES string of the molecule is O=[N+]([O-])c1cc(Br)ccc1SCCCO. The maximum absolute atomic E-state index is 10.7. The predicted octanol–water partition coefficient (Wildman–Crippen LogP) is 2.83. The van der Waals surface area contributed by atoms with Gasteiger partial charge in [0.2, 0.25) is 0 Å². The monoisotopic (exact) mass is 291 g/mol. The number of benzene rings is 1. The molecule has 0 atom stereocenters. The molecule has 82 valence electrons. The molecule has 0 fully saturated rings. The number of nitro benzene ring substituents is 1. The number of nitrogens with zero attached hydrogens (tertiary/aromatic N) is 1. The Kier molecular flexibility index (Phi) is 5.07. The van der Waals surface area contributed by atoms with Gasteiger partial charge in [0.25, 0.3) is 5.69 Å². The Balaban J connectivity index is 2.81. The third-order valence-corrected chi connectivity index (χ3v) is 3.32. The van der Waals surface area contributed by atoms with Gasteiger partial charge < -0.3 is 5.11 Å². The van der Waals surface area contributed by atoms with Crippen molar-refractivity contribution < 1.29 is 10.0 Å². The summed E-state index contributed by atoms with van der Waals surface area (Å²) in [5, 5.41) is 19.3. The van der Waals surface area contributed by atoms with Gasteiger partial charge in [-0.05, 0) is 18.6 Å². The Bertz CT molecular complexity index is 359. The smallest absolute Gasteiger partial charge is 0.283 e. The second kappa shape index (κ2) is 6.09. The highest BCUT2D eigenvalue weighted by Crippen LogP contribution is 2.31. The van der Waals surface area contributed by atoms with E-state index in [2.05, 4.69) is 15.9 Å². The summed E-state index contributed by atoms with van der Waals surface area (Å²) in [5.41, 5.74) is 0.104. The highest BCUT2D eigenvalue weighted by atomic mass is 79.9. The number of aliphatic hydroxyl groups excluding tert-OH is 1. The summed E-state index contributed by atoms with van der Waals surface area (Å²) in [5.74, 6) is 0.680. The zero-order valence-corrected chi connectivity index (χ0v) is 10.3. The Hall–Kier alpha value is -0.590. The Labute approximate surface area is 100.0 Å². The average Bonchev–Trinajstić information content (AvgIpc) is 2.20. The van der Waals surface area contributed by atoms with E-state index in [4.69, 9.17) is 5.11 Å². The van der Waals surface area contributed by atoms with Crippen molar-refractivity contribution in [3.05, 3.63) is 32.8 Å². The van der Waals surface area contributed by atoms with Gasteiger partial charge in [0.1, 0.15) is 0 Å². The second-order valence-corrected chi connectivity index (χ2v) is 4.85. The first-order valence-corrected chi connectivity index (χ1v) is 6.10. The molecule has 0 aliphatic rings. The van der Waals surface area contributed by atoms with Crippen LogP contribution in [0.1, 0.15) is 6.42 Å². The van der Waals surface area contributed by atoms with Gasteiger partial charge in [-0.1, -0.05) is 15.9 Å². The van der Waals surface area contributed by atoms with Crippen molar-refractivity contribution in [1.29, 1.82) is 0 Å². The Morgan fingerprint density at radius 3 is 2.87 bits per heavy atom. The highest BCUT2D eigenvalue weighted by molar-refractivity contribution is 9.10. The molecule has 1 aromatic rings. The zero-order valence-electron chi connectivity index (χ0n) is 7.85. The van der Waals surface area contributed by atoms with E-state index in [-0.39, 0.29) is 12.3 Å². The minimum Gasteiger partial charge on any atom is -0.396 e. The summed E-state index contributed by atoms with van der Waals surface area (Å²) in [7, 11) is 0. The molecule has 0 saturated heterocycles. The summed E-state index contributed by atoms with van der Waals surface area (Å²) in [6, 6.07) is 4.97. The van der Waals surface area contributed by atoms with E-state index < -0.39 is 4.92 Å². The lowest BCUT2D eigenvalue weighted by molar-refractivity contribution is -0.387. The summed E-state index contributed by atoms with van der Waals surface area (Å²) >= 11 is 4.58. The molecule has 6 heteroatoms. The molecule has 0 aromatic heterocycles. The summed E-state index contributed by atoms with van der Waals surface area (Å²) < 4.78 is 0.695. The van der Waals surface area contributed by atoms with Crippen molar-refractivity contribution in [2.75, 3.05) is 12.4 Å². The van der Waals surface area contributed by atoms with Crippen LogP contribution in [0, 0.1) is 10.1 Å². The number of halogens is 1. The van der Waals surface area contributed by atoms with Crippen LogP contribution in [0.2, 0.25) is 0 Å². The van der Waals surface area contributed by atoms with Crippen molar-refractivity contribution in [1.82, 2.24) is 0 Å². The molecule has 0 unspecified atom stereocenters. The summed E-state index contributed by atoms with van der Waals surface area (Å²) in [6.07, 6.45) is 0.637. The molecule has 15 heavy (non-hydrogen) atoms. The first kappa shape index (κ1) is 12.5. The van der Waals surface area contributed by atoms with E-state index in [9.17, 15) is 10.1 Å². The molecule has 0 spiro atoms. The molecule has 0 bridgehead atoms. The number of aliphatic hydroxyl groups is 1. The van der Waals surface area contributed by atoms with Crippen molar-refractivity contribution in [2.45, 2.75) is 11.3 Å². The maximum Gasteiger partial charge on any atom is 0.283 e. The molecule has 0 heterocycles. The van der Waals surface area contributed by atoms with Crippen LogP contribution < -0.4 is 0 Å². The maximum atomic E-state index is 10.7. The number of thioether (sulfide) groups is 1. The van der Waals surface area contributed by atoms with Gasteiger partial charge in [-0.25, -0.2) is 0 Å². The standard InChI is InChI=1S/C9H10BrNO3S/c10-7-2-3-9(15-5-1-4-12)8(6-7)11(13)14/h2-3,6,12H,1,4-5H2. The molecule has 0 aliphatic heterocycles. The molecule has 0 radical (unpaired) electrons. The summed E-state index contributed by atoms with van der Waals surface area (Å²) in [6.45, 7) is 0.108. The predicted molar refractivity (Wildman–Crippen MR) is 63.2 cm³/mol. The third kappa shape index (κ3) is 3.81. The highest BCUT2D eigenvalue weighted by Gasteiger charge is 2.13. The molecule has 1 aromatic carbocycles. The van der Waals surface area contributed by atoms with Gasteiger partial charge in [-0.2, -0.15) is 0 Å². The van der Waals surface area contributed by atoms with Gasteiger partial charge >= 0.3 is 0 Å². The van der Waals surface area contributed by atoms with Crippen LogP contribution in [0.15, 0.2) is 27.6 Å². The van der Waals surface area contributed by atoms with Gasteiger partial charge in [-0.15, -0.1) is 11.8 Å². The lowest BCUT2D eigenvalue weighted by Crippen LogP contribution is -1.92. The molecule has 1 rings (SSSR count). The van der Waals surface area contributed by atoms with E-state index in [1.54, 1.807) is 12.1 Å². The third-order valence-electron chi connectivity index (χ3n) is 1.68. The Morgan fingerprint density at radius 2 is 2.27 bits per heavy atom. The normalized spacial score (nSPS) is 10.3. The first-order valence-electron chi connectivity index (χ1n) is 4.32. The second-order valence-electron chi connectivity index (χ2n) is 2.79. The minimum absolute atomic E-state index is 0.104. The van der Waals surface area contributed by atoms with E-state index in [1.165, 1.54) is 17.8 Å². The quantitative estimate of drug-likeness (QED) is 0.392. The Morgan fingerprint density at radius 1 is 1.53 bits per heavy atom. The average molecular weight is 292 g/mol. The van der Waals surface area contributed by atoms with Crippen molar-refractivity contribution >= 4 is 33.4 Å². The largest absolute Gasteiger partial charge is 0.396 e. The molecular weight excluding hydrogens is 282 g/mol. The lowest BCUT2D eigenvalue weighted by atomic mass is 10.3. The van der Waals surface area contributed by atoms with Crippen LogP contribution in [-0.2, 0) is 0 Å². The topological polar surface area (TPSA) is 63.4 Å². The van der Waals surface area contributed by atoms with E-state index in [0.29, 0.717) is 21.5 Å². The molecule has 0 amide bonds. The van der Waals surface area contributed by atoms with Crippen LogP contribution in [0.4, 0.5) is 5.69 Å². The van der Waals surface area contributed by atoms with E-state index in [1.807, 2.05) is 0 Å². The van der Waals surface area contributed by atoms with Crippen LogP contribution in [0.5, 0.6) is 0 Å². The number of hydrogen-bond donors (Lipinski definition) is 1. The fourth-order valence-electron chi connectivity index (χ4n) is 1.00. The van der Waals surface area contributed by atoms with Crippen LogP contribution >= 0.6 is 27.7 Å².